The van der Waals surface area contributed by atoms with Gasteiger partial charge in [0.05, 0.1) is 5.69 Å². The number of aryl methyl sites for hydroxylation is 1. The predicted molar refractivity (Wildman–Crippen MR) is 69.2 cm³/mol. The molecule has 0 aromatic heterocycles. The van der Waals surface area contributed by atoms with Crippen LogP contribution in [-0.4, -0.2) is 12.5 Å². The zero-order chi connectivity index (χ0) is 12.8. The Morgan fingerprint density at radius 2 is 2.18 bits per heavy atom. The second kappa shape index (κ2) is 6.20. The Hall–Kier alpha value is -1.62. The molecule has 1 rings (SSSR count). The first kappa shape index (κ1) is 13.4. The molecule has 0 spiro atoms. The molecule has 0 saturated heterocycles. The average Bonchev–Trinajstić information content (AvgIpc) is 2.27. The van der Waals surface area contributed by atoms with Gasteiger partial charge in [-0.2, -0.15) is 0 Å². The van der Waals surface area contributed by atoms with Crippen molar-refractivity contribution in [2.75, 3.05) is 11.9 Å². The molecule has 4 nitrogen and oxygen atoms in total. The van der Waals surface area contributed by atoms with Crippen molar-refractivity contribution < 1.29 is 4.39 Å². The van der Waals surface area contributed by atoms with Crippen molar-refractivity contribution in [3.8, 4) is 0 Å². The molecule has 0 radical (unpaired) electrons. The maximum atomic E-state index is 13.6. The highest BCUT2D eigenvalue weighted by molar-refractivity contribution is 5.94. The molecule has 94 valence electrons. The molecule has 17 heavy (non-hydrogen) atoms. The molecule has 1 aromatic carbocycles. The van der Waals surface area contributed by atoms with E-state index in [9.17, 15) is 4.39 Å². The minimum atomic E-state index is -0.322. The molecule has 0 heterocycles. The van der Waals surface area contributed by atoms with Gasteiger partial charge in [0.25, 0.3) is 0 Å². The van der Waals surface area contributed by atoms with Gasteiger partial charge in [0.2, 0.25) is 5.96 Å². The fourth-order valence-electron chi connectivity index (χ4n) is 1.30. The molecular weight excluding hydrogens is 219 g/mol. The molecule has 0 aliphatic heterocycles. The van der Waals surface area contributed by atoms with E-state index >= 15 is 0 Å². The molecule has 0 unspecified atom stereocenters. The largest absolute Gasteiger partial charge is 0.323 e. The summed E-state index contributed by atoms with van der Waals surface area (Å²) < 4.78 is 13.6. The van der Waals surface area contributed by atoms with Crippen LogP contribution in [0.4, 0.5) is 10.1 Å². The van der Waals surface area contributed by atoms with Crippen LogP contribution in [0.25, 0.3) is 0 Å². The number of hydrogen-bond donors (Lipinski definition) is 3. The van der Waals surface area contributed by atoms with E-state index < -0.39 is 0 Å². The van der Waals surface area contributed by atoms with Crippen molar-refractivity contribution in [1.82, 2.24) is 5.43 Å². The number of nitrogens with two attached hydrogens (primary N) is 1. The number of halogens is 1. The first-order valence-corrected chi connectivity index (χ1v) is 5.57. The predicted octanol–water partition coefficient (Wildman–Crippen LogP) is 2.02. The van der Waals surface area contributed by atoms with E-state index in [1.807, 2.05) is 26.8 Å². The van der Waals surface area contributed by atoms with Crippen molar-refractivity contribution in [2.45, 2.75) is 20.8 Å². The van der Waals surface area contributed by atoms with Crippen molar-refractivity contribution in [3.05, 3.63) is 29.6 Å². The van der Waals surface area contributed by atoms with E-state index in [4.69, 9.17) is 5.84 Å². The second-order valence-corrected chi connectivity index (χ2v) is 4.28. The first-order chi connectivity index (χ1) is 8.04. The number of anilines is 1. The summed E-state index contributed by atoms with van der Waals surface area (Å²) in [6.45, 7) is 6.54. The van der Waals surface area contributed by atoms with Gasteiger partial charge in [-0.05, 0) is 24.5 Å². The lowest BCUT2D eigenvalue weighted by atomic mass is 10.2. The highest BCUT2D eigenvalue weighted by Crippen LogP contribution is 2.18. The normalized spacial score (nSPS) is 11.8. The monoisotopic (exact) mass is 238 g/mol. The smallest absolute Gasteiger partial charge is 0.210 e. The zero-order valence-corrected chi connectivity index (χ0v) is 10.4. The molecule has 4 N–H and O–H groups in total. The number of hydrazine groups is 1. The fourth-order valence-corrected chi connectivity index (χ4v) is 1.30. The number of benzene rings is 1. The van der Waals surface area contributed by atoms with Crippen LogP contribution in [-0.2, 0) is 0 Å². The zero-order valence-electron chi connectivity index (χ0n) is 10.4. The lowest BCUT2D eigenvalue weighted by Crippen LogP contribution is -2.37. The molecule has 0 atom stereocenters. The Morgan fingerprint density at radius 1 is 1.47 bits per heavy atom. The van der Waals surface area contributed by atoms with Crippen molar-refractivity contribution >= 4 is 11.6 Å². The summed E-state index contributed by atoms with van der Waals surface area (Å²) in [5.41, 5.74) is 3.63. The van der Waals surface area contributed by atoms with Crippen LogP contribution in [0.1, 0.15) is 19.4 Å². The van der Waals surface area contributed by atoms with Gasteiger partial charge in [0.1, 0.15) is 5.82 Å². The quantitative estimate of drug-likeness (QED) is 0.327. The standard InChI is InChI=1S/C12H19FN4/c1-8(2)7-15-12(17-14)16-11-9(3)5-4-6-10(11)13/h4-6,8H,7,14H2,1-3H3,(H2,15,16,17). The molecule has 0 saturated carbocycles. The van der Waals surface area contributed by atoms with Gasteiger partial charge in [-0.3, -0.25) is 10.4 Å². The van der Waals surface area contributed by atoms with Gasteiger partial charge in [0.15, 0.2) is 0 Å². The Morgan fingerprint density at radius 3 is 2.71 bits per heavy atom. The Kier molecular flexibility index (Phi) is 4.90. The summed E-state index contributed by atoms with van der Waals surface area (Å²) in [4.78, 5) is 4.22. The number of guanidine groups is 1. The third-order valence-corrected chi connectivity index (χ3v) is 2.22. The van der Waals surface area contributed by atoms with Crippen LogP contribution >= 0.6 is 0 Å². The lowest BCUT2D eigenvalue weighted by molar-refractivity contribution is 0.630. The van der Waals surface area contributed by atoms with Gasteiger partial charge in [-0.15, -0.1) is 0 Å². The third kappa shape index (κ3) is 4.03. The maximum Gasteiger partial charge on any atom is 0.210 e. The second-order valence-electron chi connectivity index (χ2n) is 4.28. The van der Waals surface area contributed by atoms with Crippen LogP contribution < -0.4 is 16.6 Å². The molecule has 0 bridgehead atoms. The van der Waals surface area contributed by atoms with E-state index in [1.54, 1.807) is 6.07 Å². The SMILES string of the molecule is Cc1cccc(F)c1NC(=NCC(C)C)NN. The highest BCUT2D eigenvalue weighted by Gasteiger charge is 2.07. The first-order valence-electron chi connectivity index (χ1n) is 5.57. The van der Waals surface area contributed by atoms with Crippen LogP contribution in [0.15, 0.2) is 23.2 Å². The van der Waals surface area contributed by atoms with Gasteiger partial charge in [0, 0.05) is 6.54 Å². The summed E-state index contributed by atoms with van der Waals surface area (Å²) in [5, 5.41) is 2.86. The lowest BCUT2D eigenvalue weighted by Gasteiger charge is -2.12. The van der Waals surface area contributed by atoms with Crippen LogP contribution in [0.5, 0.6) is 0 Å². The molecule has 0 amide bonds. The molecule has 0 fully saturated rings. The summed E-state index contributed by atoms with van der Waals surface area (Å²) in [5.74, 6) is 5.81. The Labute approximate surface area is 101 Å². The van der Waals surface area contributed by atoms with Crippen molar-refractivity contribution in [1.29, 1.82) is 0 Å². The number of aliphatic imine (C=N–C) groups is 1. The van der Waals surface area contributed by atoms with Crippen LogP contribution in [0.2, 0.25) is 0 Å². The van der Waals surface area contributed by atoms with Gasteiger partial charge in [-0.1, -0.05) is 26.0 Å². The number of hydrogen-bond acceptors (Lipinski definition) is 2. The van der Waals surface area contributed by atoms with E-state index in [0.717, 1.165) is 5.56 Å². The number of para-hydroxylation sites is 1. The summed E-state index contributed by atoms with van der Waals surface area (Å²) in [6, 6.07) is 4.88. The minimum absolute atomic E-state index is 0.322. The third-order valence-electron chi connectivity index (χ3n) is 2.22. The molecule has 1 aromatic rings. The molecule has 0 aliphatic carbocycles. The molecule has 0 aliphatic rings. The van der Waals surface area contributed by atoms with Crippen molar-refractivity contribution in [3.63, 3.8) is 0 Å². The average molecular weight is 238 g/mol. The van der Waals surface area contributed by atoms with E-state index in [2.05, 4.69) is 15.7 Å². The Balaban J connectivity index is 2.84. The Bertz CT molecular complexity index is 381. The number of nitrogens with one attached hydrogen (secondary N) is 2. The van der Waals surface area contributed by atoms with E-state index in [0.29, 0.717) is 24.1 Å². The van der Waals surface area contributed by atoms with Gasteiger partial charge >= 0.3 is 0 Å². The minimum Gasteiger partial charge on any atom is -0.323 e. The topological polar surface area (TPSA) is 62.4 Å². The summed E-state index contributed by atoms with van der Waals surface area (Å²) >= 11 is 0. The number of nitrogens with zero attached hydrogens (tertiary/aromatic N) is 1. The summed E-state index contributed by atoms with van der Waals surface area (Å²) in [7, 11) is 0. The van der Waals surface area contributed by atoms with Gasteiger partial charge < -0.3 is 5.32 Å². The molecule has 5 heteroatoms. The van der Waals surface area contributed by atoms with Gasteiger partial charge in [-0.25, -0.2) is 10.2 Å². The number of rotatable bonds is 3. The fraction of sp³-hybridized carbons (Fsp3) is 0.417. The van der Waals surface area contributed by atoms with Crippen LogP contribution in [0.3, 0.4) is 0 Å². The highest BCUT2D eigenvalue weighted by atomic mass is 19.1. The molecular formula is C12H19FN4. The van der Waals surface area contributed by atoms with E-state index in [1.165, 1.54) is 6.07 Å². The maximum absolute atomic E-state index is 13.6. The van der Waals surface area contributed by atoms with E-state index in [-0.39, 0.29) is 5.82 Å². The van der Waals surface area contributed by atoms with Crippen molar-refractivity contribution in [2.24, 2.45) is 16.8 Å². The van der Waals surface area contributed by atoms with Crippen LogP contribution in [0, 0.1) is 18.7 Å². The summed E-state index contributed by atoms with van der Waals surface area (Å²) in [6.07, 6.45) is 0.